The van der Waals surface area contributed by atoms with Gasteiger partial charge in [-0.2, -0.15) is 0 Å². The van der Waals surface area contributed by atoms with Crippen LogP contribution in [0, 0.1) is 6.92 Å². The zero-order valence-corrected chi connectivity index (χ0v) is 13.9. The van der Waals surface area contributed by atoms with E-state index in [2.05, 4.69) is 10.3 Å². The number of nitrogens with two attached hydrogens (primary N) is 1. The normalized spacial score (nSPS) is 21.8. The summed E-state index contributed by atoms with van der Waals surface area (Å²) in [5.74, 6) is -0.532. The van der Waals surface area contributed by atoms with Crippen molar-refractivity contribution in [2.75, 3.05) is 25.5 Å². The van der Waals surface area contributed by atoms with Crippen LogP contribution in [0.5, 0.6) is 0 Å². The summed E-state index contributed by atoms with van der Waals surface area (Å²) in [6.45, 7) is 4.74. The van der Waals surface area contributed by atoms with Gasteiger partial charge in [0.2, 0.25) is 5.91 Å². The van der Waals surface area contributed by atoms with E-state index in [-0.39, 0.29) is 18.0 Å². The molecule has 122 valence electrons. The number of thiazole rings is 1. The highest BCUT2D eigenvalue weighted by Gasteiger charge is 2.33. The Bertz CT molecular complexity index is 560. The number of aryl methyl sites for hydroxylation is 1. The third-order valence-electron chi connectivity index (χ3n) is 3.53. The molecule has 8 heteroatoms. The molecule has 7 nitrogen and oxygen atoms in total. The van der Waals surface area contributed by atoms with Crippen molar-refractivity contribution < 1.29 is 14.3 Å². The minimum atomic E-state index is -0.391. The molecule has 3 N–H and O–H groups in total. The van der Waals surface area contributed by atoms with Gasteiger partial charge in [0.05, 0.1) is 18.3 Å². The molecule has 1 aromatic heterocycles. The number of likely N-dealkylation sites (N-methyl/N-ethyl adjacent to an activating group) is 1. The number of hydrogen-bond acceptors (Lipinski definition) is 7. The Kier molecular flexibility index (Phi) is 5.49. The smallest absolute Gasteiger partial charge is 0.350 e. The summed E-state index contributed by atoms with van der Waals surface area (Å²) in [6, 6.07) is -0.243. The topological polar surface area (TPSA) is 97.5 Å². The van der Waals surface area contributed by atoms with Gasteiger partial charge in [-0.05, 0) is 26.8 Å². The first-order chi connectivity index (χ1) is 10.4. The summed E-state index contributed by atoms with van der Waals surface area (Å²) in [5.41, 5.74) is 6.43. The van der Waals surface area contributed by atoms with E-state index in [1.54, 1.807) is 6.92 Å². The van der Waals surface area contributed by atoms with E-state index in [9.17, 15) is 9.59 Å². The van der Waals surface area contributed by atoms with Crippen molar-refractivity contribution in [3.05, 3.63) is 10.6 Å². The molecule has 1 saturated heterocycles. The summed E-state index contributed by atoms with van der Waals surface area (Å²) >= 11 is 1.14. The minimum absolute atomic E-state index is 0.0124. The molecule has 1 unspecified atom stereocenters. The van der Waals surface area contributed by atoms with Gasteiger partial charge in [-0.25, -0.2) is 9.78 Å². The lowest BCUT2D eigenvalue weighted by Gasteiger charge is -2.17. The molecular weight excluding hydrogens is 304 g/mol. The number of nitrogens with one attached hydrogen (secondary N) is 1. The first-order valence-corrected chi connectivity index (χ1v) is 8.15. The number of nitrogens with zero attached hydrogens (tertiary/aromatic N) is 2. The summed E-state index contributed by atoms with van der Waals surface area (Å²) in [7, 11) is 1.87. The Balaban J connectivity index is 2.02. The van der Waals surface area contributed by atoms with E-state index in [1.807, 2.05) is 18.9 Å². The lowest BCUT2D eigenvalue weighted by atomic mass is 10.2. The SMILES string of the molecule is CCCOC(=O)c1sc(NC(=O)C2C[C@H](N)CN2C)nc1C. The Morgan fingerprint density at radius 1 is 1.55 bits per heavy atom. The van der Waals surface area contributed by atoms with Gasteiger partial charge in [0.25, 0.3) is 0 Å². The van der Waals surface area contributed by atoms with Crippen molar-refractivity contribution >= 4 is 28.3 Å². The lowest BCUT2D eigenvalue weighted by Crippen LogP contribution is -2.37. The Labute approximate surface area is 133 Å². The maximum absolute atomic E-state index is 12.3. The predicted octanol–water partition coefficient (Wildman–Crippen LogP) is 0.988. The van der Waals surface area contributed by atoms with E-state index in [0.29, 0.717) is 35.3 Å². The molecule has 0 aromatic carbocycles. The van der Waals surface area contributed by atoms with Gasteiger partial charge in [-0.3, -0.25) is 9.69 Å². The van der Waals surface area contributed by atoms with Crippen molar-refractivity contribution in [3.63, 3.8) is 0 Å². The molecule has 1 aliphatic heterocycles. The van der Waals surface area contributed by atoms with Gasteiger partial charge in [0, 0.05) is 12.6 Å². The van der Waals surface area contributed by atoms with Crippen LogP contribution in [-0.2, 0) is 9.53 Å². The largest absolute Gasteiger partial charge is 0.461 e. The number of aromatic nitrogens is 1. The highest BCUT2D eigenvalue weighted by atomic mass is 32.1. The maximum Gasteiger partial charge on any atom is 0.350 e. The van der Waals surface area contributed by atoms with Crippen LogP contribution in [0.15, 0.2) is 0 Å². The molecule has 2 heterocycles. The van der Waals surface area contributed by atoms with Gasteiger partial charge >= 0.3 is 5.97 Å². The molecule has 1 aromatic rings. The highest BCUT2D eigenvalue weighted by Crippen LogP contribution is 2.24. The van der Waals surface area contributed by atoms with Gasteiger partial charge in [-0.1, -0.05) is 18.3 Å². The maximum atomic E-state index is 12.3. The second-order valence-electron chi connectivity index (χ2n) is 5.51. The monoisotopic (exact) mass is 326 g/mol. The third kappa shape index (κ3) is 3.82. The number of rotatable bonds is 5. The quantitative estimate of drug-likeness (QED) is 0.783. The van der Waals surface area contributed by atoms with Crippen LogP contribution in [0.3, 0.4) is 0 Å². The average Bonchev–Trinajstić information content (AvgIpc) is 2.98. The molecule has 0 bridgehead atoms. The van der Waals surface area contributed by atoms with Crippen LogP contribution in [0.1, 0.15) is 35.1 Å². The van der Waals surface area contributed by atoms with Gasteiger partial charge in [-0.15, -0.1) is 0 Å². The summed E-state index contributed by atoms with van der Waals surface area (Å²) in [4.78, 5) is 30.8. The molecule has 1 amide bonds. The van der Waals surface area contributed by atoms with E-state index >= 15 is 0 Å². The first kappa shape index (κ1) is 16.9. The van der Waals surface area contributed by atoms with Crippen LogP contribution in [0.2, 0.25) is 0 Å². The van der Waals surface area contributed by atoms with Crippen LogP contribution in [-0.4, -0.2) is 54.0 Å². The van der Waals surface area contributed by atoms with Crippen LogP contribution < -0.4 is 11.1 Å². The van der Waals surface area contributed by atoms with E-state index in [1.165, 1.54) is 0 Å². The van der Waals surface area contributed by atoms with Gasteiger partial charge in [0.15, 0.2) is 5.13 Å². The average molecular weight is 326 g/mol. The molecule has 1 aliphatic rings. The van der Waals surface area contributed by atoms with E-state index in [0.717, 1.165) is 17.8 Å². The number of hydrogen-bond donors (Lipinski definition) is 2. The number of amides is 1. The molecule has 2 rings (SSSR count). The standard InChI is InChI=1S/C14H22N4O3S/c1-4-5-21-13(20)11-8(2)16-14(22-11)17-12(19)10-6-9(15)7-18(10)3/h9-10H,4-7,15H2,1-3H3,(H,16,17,19)/t9-,10?/m0/s1. The Hall–Kier alpha value is -1.51. The van der Waals surface area contributed by atoms with Gasteiger partial charge < -0.3 is 15.8 Å². The summed E-state index contributed by atoms with van der Waals surface area (Å²) < 4.78 is 5.10. The minimum Gasteiger partial charge on any atom is -0.461 e. The zero-order valence-electron chi connectivity index (χ0n) is 13.1. The van der Waals surface area contributed by atoms with Crippen LogP contribution in [0.25, 0.3) is 0 Å². The highest BCUT2D eigenvalue weighted by molar-refractivity contribution is 7.17. The fraction of sp³-hybridized carbons (Fsp3) is 0.643. The summed E-state index contributed by atoms with van der Waals surface area (Å²) in [5, 5.41) is 3.19. The lowest BCUT2D eigenvalue weighted by molar-refractivity contribution is -0.119. The molecule has 0 saturated carbocycles. The van der Waals surface area contributed by atoms with Crippen molar-refractivity contribution in [3.8, 4) is 0 Å². The Morgan fingerprint density at radius 3 is 2.86 bits per heavy atom. The van der Waals surface area contributed by atoms with E-state index < -0.39 is 5.97 Å². The first-order valence-electron chi connectivity index (χ1n) is 7.33. The number of esters is 1. The van der Waals surface area contributed by atoms with Gasteiger partial charge in [0.1, 0.15) is 4.88 Å². The van der Waals surface area contributed by atoms with Crippen molar-refractivity contribution in [1.82, 2.24) is 9.88 Å². The number of carbonyl (C=O) groups excluding carboxylic acids is 2. The number of likely N-dealkylation sites (tertiary alicyclic amines) is 1. The molecule has 0 aliphatic carbocycles. The summed E-state index contributed by atoms with van der Waals surface area (Å²) in [6.07, 6.45) is 1.39. The third-order valence-corrected chi connectivity index (χ3v) is 4.59. The fourth-order valence-corrected chi connectivity index (χ4v) is 3.30. The van der Waals surface area contributed by atoms with Crippen LogP contribution >= 0.6 is 11.3 Å². The predicted molar refractivity (Wildman–Crippen MR) is 85.1 cm³/mol. The van der Waals surface area contributed by atoms with E-state index in [4.69, 9.17) is 10.5 Å². The molecular formula is C14H22N4O3S. The van der Waals surface area contributed by atoms with Crippen molar-refractivity contribution in [1.29, 1.82) is 0 Å². The van der Waals surface area contributed by atoms with Crippen LogP contribution in [0.4, 0.5) is 5.13 Å². The molecule has 2 atom stereocenters. The molecule has 22 heavy (non-hydrogen) atoms. The van der Waals surface area contributed by atoms with Crippen molar-refractivity contribution in [2.24, 2.45) is 5.73 Å². The number of anilines is 1. The van der Waals surface area contributed by atoms with Crippen molar-refractivity contribution in [2.45, 2.75) is 38.8 Å². The molecule has 0 radical (unpaired) electrons. The second kappa shape index (κ2) is 7.17. The molecule has 0 spiro atoms. The second-order valence-corrected chi connectivity index (χ2v) is 6.51. The molecule has 1 fully saturated rings. The Morgan fingerprint density at radius 2 is 2.27 bits per heavy atom. The number of carbonyl (C=O) groups is 2. The number of ether oxygens (including phenoxy) is 1. The fourth-order valence-electron chi connectivity index (χ4n) is 2.43. The zero-order chi connectivity index (χ0) is 16.3.